The predicted molar refractivity (Wildman–Crippen MR) is 99.9 cm³/mol. The van der Waals surface area contributed by atoms with Crippen molar-refractivity contribution < 1.29 is 23.0 Å². The first-order valence-corrected chi connectivity index (χ1v) is 8.71. The number of benzene rings is 2. The van der Waals surface area contributed by atoms with Gasteiger partial charge in [0, 0.05) is 41.7 Å². The number of fused-ring (bicyclic) bond motifs is 1. The van der Waals surface area contributed by atoms with E-state index in [-0.39, 0.29) is 5.88 Å². The molecule has 2 aromatic heterocycles. The van der Waals surface area contributed by atoms with Crippen molar-refractivity contribution in [3.05, 3.63) is 59.8 Å². The molecule has 9 heteroatoms. The van der Waals surface area contributed by atoms with E-state index >= 15 is 0 Å². The highest BCUT2D eigenvalue weighted by atomic mass is 19.1. The fourth-order valence-corrected chi connectivity index (χ4v) is 3.29. The van der Waals surface area contributed by atoms with E-state index in [9.17, 15) is 18.3 Å². The Bertz CT molecular complexity index is 1210. The molecule has 0 spiro atoms. The van der Waals surface area contributed by atoms with Gasteiger partial charge >= 0.3 is 0 Å². The van der Waals surface area contributed by atoms with Crippen LogP contribution in [0.2, 0.25) is 0 Å². The van der Waals surface area contributed by atoms with Gasteiger partial charge in [-0.1, -0.05) is 6.07 Å². The fraction of sp³-hybridized carbons (Fsp3) is 0.200. The second-order valence-corrected chi connectivity index (χ2v) is 7.16. The van der Waals surface area contributed by atoms with Gasteiger partial charge in [-0.05, 0) is 26.0 Å². The van der Waals surface area contributed by atoms with Crippen molar-refractivity contribution in [3.63, 3.8) is 0 Å². The molecule has 150 valence electrons. The zero-order chi connectivity index (χ0) is 20.9. The van der Waals surface area contributed by atoms with Crippen LogP contribution in [0.3, 0.4) is 0 Å². The summed E-state index contributed by atoms with van der Waals surface area (Å²) in [6.45, 7) is 3.16. The molecule has 0 atom stereocenters. The minimum absolute atomic E-state index is 0.0723. The van der Waals surface area contributed by atoms with Crippen LogP contribution in [0.1, 0.15) is 19.7 Å². The summed E-state index contributed by atoms with van der Waals surface area (Å²) < 4.78 is 48.3. The Labute approximate surface area is 163 Å². The SMILES string of the molecule is Cn1c(-c2ccc3c(O)[nH]cc3c2)nnc1C(C)(C)Oc1c(F)cc(F)cc1F. The predicted octanol–water partition coefficient (Wildman–Crippen LogP) is 4.40. The van der Waals surface area contributed by atoms with Crippen LogP contribution >= 0.6 is 0 Å². The van der Waals surface area contributed by atoms with E-state index in [1.807, 2.05) is 6.07 Å². The molecule has 2 aromatic carbocycles. The van der Waals surface area contributed by atoms with E-state index in [4.69, 9.17) is 4.74 Å². The Hall–Kier alpha value is -3.49. The van der Waals surface area contributed by atoms with E-state index in [1.165, 1.54) is 0 Å². The van der Waals surface area contributed by atoms with Crippen LogP contribution in [0.25, 0.3) is 22.2 Å². The molecule has 0 fully saturated rings. The second-order valence-electron chi connectivity index (χ2n) is 7.16. The molecular weight excluding hydrogens is 385 g/mol. The minimum Gasteiger partial charge on any atom is -0.494 e. The molecule has 6 nitrogen and oxygen atoms in total. The van der Waals surface area contributed by atoms with Crippen molar-refractivity contribution in [1.82, 2.24) is 19.7 Å². The maximum atomic E-state index is 14.0. The Kier molecular flexibility index (Phi) is 4.25. The number of aromatic amines is 1. The van der Waals surface area contributed by atoms with Gasteiger partial charge in [-0.3, -0.25) is 0 Å². The van der Waals surface area contributed by atoms with Gasteiger partial charge < -0.3 is 19.4 Å². The van der Waals surface area contributed by atoms with Crippen LogP contribution in [-0.4, -0.2) is 24.9 Å². The minimum atomic E-state index is -1.27. The molecule has 2 heterocycles. The summed E-state index contributed by atoms with van der Waals surface area (Å²) in [6.07, 6.45) is 1.67. The number of nitrogens with zero attached hydrogens (tertiary/aromatic N) is 3. The van der Waals surface area contributed by atoms with E-state index < -0.39 is 28.8 Å². The van der Waals surface area contributed by atoms with E-state index in [0.717, 1.165) is 10.9 Å². The van der Waals surface area contributed by atoms with Gasteiger partial charge in [-0.15, -0.1) is 10.2 Å². The van der Waals surface area contributed by atoms with Crippen LogP contribution in [0.15, 0.2) is 36.5 Å². The molecule has 0 aliphatic heterocycles. The normalized spacial score (nSPS) is 11.9. The average molecular weight is 402 g/mol. The molecule has 0 bridgehead atoms. The smallest absolute Gasteiger partial charge is 0.196 e. The van der Waals surface area contributed by atoms with Gasteiger partial charge in [0.1, 0.15) is 5.82 Å². The molecule has 0 saturated heterocycles. The van der Waals surface area contributed by atoms with Crippen LogP contribution < -0.4 is 4.74 Å². The number of aromatic nitrogens is 4. The van der Waals surface area contributed by atoms with Gasteiger partial charge in [0.25, 0.3) is 0 Å². The van der Waals surface area contributed by atoms with Crippen LogP contribution in [0.4, 0.5) is 13.2 Å². The number of hydrogen-bond donors (Lipinski definition) is 2. The third kappa shape index (κ3) is 3.18. The van der Waals surface area contributed by atoms with Crippen LogP contribution in [0, 0.1) is 17.5 Å². The first-order chi connectivity index (χ1) is 13.7. The van der Waals surface area contributed by atoms with E-state index in [1.54, 1.807) is 43.8 Å². The lowest BCUT2D eigenvalue weighted by Gasteiger charge is -2.26. The largest absolute Gasteiger partial charge is 0.494 e. The Morgan fingerprint density at radius 1 is 1.07 bits per heavy atom. The monoisotopic (exact) mass is 402 g/mol. The Morgan fingerprint density at radius 2 is 1.76 bits per heavy atom. The first-order valence-electron chi connectivity index (χ1n) is 8.71. The standard InChI is InChI=1S/C20H17F3N4O2/c1-20(2,29-16-14(22)7-12(21)8-15(16)23)19-26-25-17(27(19)3)10-4-5-13-11(6-10)9-24-18(13)28/h4-9,24,28H,1-3H3. The van der Waals surface area contributed by atoms with Crippen molar-refractivity contribution >= 4 is 10.8 Å². The number of nitrogens with one attached hydrogen (secondary N) is 1. The molecule has 2 N–H and O–H groups in total. The van der Waals surface area contributed by atoms with Crippen LogP contribution in [-0.2, 0) is 12.6 Å². The quantitative estimate of drug-likeness (QED) is 0.531. The van der Waals surface area contributed by atoms with Crippen LogP contribution in [0.5, 0.6) is 11.6 Å². The zero-order valence-electron chi connectivity index (χ0n) is 15.8. The Morgan fingerprint density at radius 3 is 2.45 bits per heavy atom. The molecule has 0 radical (unpaired) electrons. The number of aromatic hydroxyl groups is 1. The summed E-state index contributed by atoms with van der Waals surface area (Å²) in [5.41, 5.74) is -0.539. The van der Waals surface area contributed by atoms with E-state index in [0.29, 0.717) is 29.2 Å². The second kappa shape index (κ2) is 6.54. The molecule has 0 unspecified atom stereocenters. The van der Waals surface area contributed by atoms with Crippen molar-refractivity contribution in [2.75, 3.05) is 0 Å². The van der Waals surface area contributed by atoms with Gasteiger partial charge in [-0.2, -0.15) is 0 Å². The highest BCUT2D eigenvalue weighted by Gasteiger charge is 2.32. The summed E-state index contributed by atoms with van der Waals surface area (Å²) in [7, 11) is 1.70. The number of ether oxygens (including phenoxy) is 1. The summed E-state index contributed by atoms with van der Waals surface area (Å²) >= 11 is 0. The van der Waals surface area contributed by atoms with Crippen molar-refractivity contribution in [2.45, 2.75) is 19.4 Å². The summed E-state index contributed by atoms with van der Waals surface area (Å²) in [6, 6.07) is 6.45. The fourth-order valence-electron chi connectivity index (χ4n) is 3.29. The van der Waals surface area contributed by atoms with Gasteiger partial charge in [-0.25, -0.2) is 13.2 Å². The van der Waals surface area contributed by atoms with Gasteiger partial charge in [0.05, 0.1) is 0 Å². The molecule has 0 saturated carbocycles. The Balaban J connectivity index is 1.71. The molecule has 4 rings (SSSR count). The van der Waals surface area contributed by atoms with Crippen molar-refractivity contribution in [2.24, 2.45) is 7.05 Å². The highest BCUT2D eigenvalue weighted by Crippen LogP contribution is 2.33. The molecule has 0 aliphatic carbocycles. The molecular formula is C20H17F3N4O2. The number of halogens is 3. The lowest BCUT2D eigenvalue weighted by molar-refractivity contribution is 0.0833. The molecule has 4 aromatic rings. The summed E-state index contributed by atoms with van der Waals surface area (Å²) in [4.78, 5) is 2.74. The topological polar surface area (TPSA) is 76.0 Å². The van der Waals surface area contributed by atoms with Gasteiger partial charge in [0.15, 0.2) is 40.5 Å². The maximum absolute atomic E-state index is 14.0. The molecule has 29 heavy (non-hydrogen) atoms. The lowest BCUT2D eigenvalue weighted by Crippen LogP contribution is -2.30. The lowest BCUT2D eigenvalue weighted by atomic mass is 10.1. The molecule has 0 amide bonds. The maximum Gasteiger partial charge on any atom is 0.196 e. The highest BCUT2D eigenvalue weighted by molar-refractivity contribution is 5.90. The number of H-pyrrole nitrogens is 1. The summed E-state index contributed by atoms with van der Waals surface area (Å²) in [5, 5.41) is 19.5. The zero-order valence-corrected chi connectivity index (χ0v) is 15.8. The summed E-state index contributed by atoms with van der Waals surface area (Å²) in [5.74, 6) is -3.12. The number of hydrogen-bond acceptors (Lipinski definition) is 4. The van der Waals surface area contributed by atoms with Crippen molar-refractivity contribution in [1.29, 1.82) is 0 Å². The van der Waals surface area contributed by atoms with E-state index in [2.05, 4.69) is 15.2 Å². The number of rotatable bonds is 4. The van der Waals surface area contributed by atoms with Crippen molar-refractivity contribution in [3.8, 4) is 23.0 Å². The first kappa shape index (κ1) is 18.9. The molecule has 0 aliphatic rings. The third-order valence-electron chi connectivity index (χ3n) is 4.66. The average Bonchev–Trinajstić information content (AvgIpc) is 3.21. The van der Waals surface area contributed by atoms with Gasteiger partial charge in [0.2, 0.25) is 0 Å². The third-order valence-corrected chi connectivity index (χ3v) is 4.66.